The standard InChI is InChI=1S/C46H86O3/c1-3-44-35-43(38-48-44)30-24-18-12-6-9-15-21-27-40(26-20-14-8-5-11-17-23-29-42-32-31-39(2)47-37-42)25-19-13-7-4-10-16-22-28-41-33-34-45-46(36-41)49-45/h39-46H,3-38H2,1-2H3. The van der Waals surface area contributed by atoms with Crippen molar-refractivity contribution in [1.29, 1.82) is 0 Å². The van der Waals surface area contributed by atoms with E-state index in [0.717, 1.165) is 36.9 Å². The van der Waals surface area contributed by atoms with Crippen LogP contribution >= 0.6 is 0 Å². The van der Waals surface area contributed by atoms with Gasteiger partial charge in [0, 0.05) is 13.2 Å². The van der Waals surface area contributed by atoms with Gasteiger partial charge in [-0.05, 0) is 88.4 Å². The Balaban J connectivity index is 0.964. The predicted molar refractivity (Wildman–Crippen MR) is 210 cm³/mol. The molecule has 0 aromatic carbocycles. The SMILES string of the molecule is CCC1CC(CCCCCCCCCC(CCCCCCCCCC2CCC(C)OC2)CCCCCCCCCC2CCC3OC3C2)CO1. The zero-order valence-corrected chi connectivity index (χ0v) is 33.3. The molecule has 288 valence electrons. The highest BCUT2D eigenvalue weighted by Crippen LogP contribution is 2.41. The first-order chi connectivity index (χ1) is 24.2. The molecule has 0 amide bonds. The molecule has 3 heteroatoms. The summed E-state index contributed by atoms with van der Waals surface area (Å²) in [6, 6.07) is 0. The third-order valence-electron chi connectivity index (χ3n) is 13.5. The number of hydrogen-bond acceptors (Lipinski definition) is 3. The molecule has 4 aliphatic rings. The fourth-order valence-corrected chi connectivity index (χ4v) is 9.86. The lowest BCUT2D eigenvalue weighted by Crippen LogP contribution is -2.23. The lowest BCUT2D eigenvalue weighted by Gasteiger charge is -2.26. The second kappa shape index (κ2) is 26.6. The summed E-state index contributed by atoms with van der Waals surface area (Å²) < 4.78 is 17.5. The summed E-state index contributed by atoms with van der Waals surface area (Å²) in [6.45, 7) is 6.56. The minimum Gasteiger partial charge on any atom is -0.378 e. The highest BCUT2D eigenvalue weighted by atomic mass is 16.6. The molecular formula is C46H86O3. The molecule has 1 aliphatic carbocycles. The summed E-state index contributed by atoms with van der Waals surface area (Å²) in [6.07, 6.45) is 51.4. The molecular weight excluding hydrogens is 601 g/mol. The average molecular weight is 687 g/mol. The number of ether oxygens (including phenoxy) is 3. The van der Waals surface area contributed by atoms with Gasteiger partial charge in [0.25, 0.3) is 0 Å². The van der Waals surface area contributed by atoms with Crippen molar-refractivity contribution >= 4 is 0 Å². The summed E-state index contributed by atoms with van der Waals surface area (Å²) in [5.41, 5.74) is 0. The first-order valence-electron chi connectivity index (χ1n) is 23.1. The van der Waals surface area contributed by atoms with Crippen molar-refractivity contribution in [2.24, 2.45) is 23.7 Å². The van der Waals surface area contributed by atoms with Crippen LogP contribution in [0.2, 0.25) is 0 Å². The van der Waals surface area contributed by atoms with E-state index < -0.39 is 0 Å². The van der Waals surface area contributed by atoms with Crippen LogP contribution in [-0.4, -0.2) is 37.6 Å². The maximum Gasteiger partial charge on any atom is 0.0844 e. The van der Waals surface area contributed by atoms with E-state index in [1.807, 2.05) is 0 Å². The number of fused-ring (bicyclic) bond motifs is 1. The van der Waals surface area contributed by atoms with Gasteiger partial charge < -0.3 is 14.2 Å². The molecule has 4 rings (SSSR count). The van der Waals surface area contributed by atoms with Gasteiger partial charge in [-0.1, -0.05) is 167 Å². The highest BCUT2D eigenvalue weighted by Gasteiger charge is 2.43. The Hall–Kier alpha value is -0.120. The number of hydrogen-bond donors (Lipinski definition) is 0. The molecule has 49 heavy (non-hydrogen) atoms. The summed E-state index contributed by atoms with van der Waals surface area (Å²) in [7, 11) is 0. The lowest BCUT2D eigenvalue weighted by atomic mass is 9.85. The van der Waals surface area contributed by atoms with Gasteiger partial charge >= 0.3 is 0 Å². The monoisotopic (exact) mass is 687 g/mol. The summed E-state index contributed by atoms with van der Waals surface area (Å²) in [5, 5.41) is 0. The lowest BCUT2D eigenvalue weighted by molar-refractivity contribution is -0.00768. The van der Waals surface area contributed by atoms with Gasteiger partial charge in [-0.3, -0.25) is 0 Å². The minimum atomic E-state index is 0.504. The number of epoxide rings is 1. The largest absolute Gasteiger partial charge is 0.378 e. The fraction of sp³-hybridized carbons (Fsp3) is 1.00. The van der Waals surface area contributed by atoms with Crippen LogP contribution in [0.5, 0.6) is 0 Å². The van der Waals surface area contributed by atoms with E-state index in [1.165, 1.54) is 218 Å². The van der Waals surface area contributed by atoms with E-state index in [2.05, 4.69) is 13.8 Å². The van der Waals surface area contributed by atoms with E-state index in [9.17, 15) is 0 Å². The predicted octanol–water partition coefficient (Wildman–Crippen LogP) is 14.3. The van der Waals surface area contributed by atoms with E-state index in [1.54, 1.807) is 0 Å². The van der Waals surface area contributed by atoms with Crippen molar-refractivity contribution in [2.75, 3.05) is 13.2 Å². The van der Waals surface area contributed by atoms with Crippen LogP contribution in [-0.2, 0) is 14.2 Å². The van der Waals surface area contributed by atoms with E-state index >= 15 is 0 Å². The Kier molecular flexibility index (Phi) is 22.6. The summed E-state index contributed by atoms with van der Waals surface area (Å²) in [4.78, 5) is 0. The molecule has 3 nitrogen and oxygen atoms in total. The molecule has 3 heterocycles. The number of rotatable bonds is 31. The molecule has 8 unspecified atom stereocenters. The summed E-state index contributed by atoms with van der Waals surface area (Å²) in [5.74, 6) is 3.69. The first kappa shape index (κ1) is 41.6. The maximum atomic E-state index is 5.90. The molecule has 0 aromatic rings. The van der Waals surface area contributed by atoms with Gasteiger partial charge in [-0.25, -0.2) is 0 Å². The zero-order valence-electron chi connectivity index (χ0n) is 33.3. The van der Waals surface area contributed by atoms with E-state index in [-0.39, 0.29) is 0 Å². The van der Waals surface area contributed by atoms with Crippen LogP contribution in [0.25, 0.3) is 0 Å². The first-order valence-corrected chi connectivity index (χ1v) is 23.1. The molecule has 3 saturated heterocycles. The Morgan fingerprint density at radius 2 is 0.918 bits per heavy atom. The molecule has 0 bridgehead atoms. The van der Waals surface area contributed by atoms with Crippen LogP contribution < -0.4 is 0 Å². The van der Waals surface area contributed by atoms with Crippen LogP contribution in [0.1, 0.15) is 232 Å². The molecule has 3 aliphatic heterocycles. The Morgan fingerprint density at radius 3 is 1.41 bits per heavy atom. The third-order valence-corrected chi connectivity index (χ3v) is 13.5. The number of unbranched alkanes of at least 4 members (excludes halogenated alkanes) is 18. The van der Waals surface area contributed by atoms with Gasteiger partial charge in [0.05, 0.1) is 24.4 Å². The fourth-order valence-electron chi connectivity index (χ4n) is 9.86. The minimum absolute atomic E-state index is 0.504. The quantitative estimate of drug-likeness (QED) is 0.0537. The average Bonchev–Trinajstić information content (AvgIpc) is 3.75. The van der Waals surface area contributed by atoms with Crippen LogP contribution in [0, 0.1) is 23.7 Å². The van der Waals surface area contributed by atoms with Gasteiger partial charge in [0.2, 0.25) is 0 Å². The van der Waals surface area contributed by atoms with Crippen molar-refractivity contribution in [2.45, 2.75) is 257 Å². The van der Waals surface area contributed by atoms with Crippen molar-refractivity contribution in [3.05, 3.63) is 0 Å². The van der Waals surface area contributed by atoms with Crippen molar-refractivity contribution in [1.82, 2.24) is 0 Å². The van der Waals surface area contributed by atoms with Crippen molar-refractivity contribution in [3.63, 3.8) is 0 Å². The van der Waals surface area contributed by atoms with E-state index in [0.29, 0.717) is 24.4 Å². The molecule has 4 fully saturated rings. The molecule has 0 radical (unpaired) electrons. The van der Waals surface area contributed by atoms with Crippen LogP contribution in [0.15, 0.2) is 0 Å². The normalized spacial score (nSPS) is 28.9. The van der Waals surface area contributed by atoms with Gasteiger partial charge in [-0.15, -0.1) is 0 Å². The van der Waals surface area contributed by atoms with Gasteiger partial charge in [-0.2, -0.15) is 0 Å². The third kappa shape index (κ3) is 19.5. The van der Waals surface area contributed by atoms with Gasteiger partial charge in [0.15, 0.2) is 0 Å². The van der Waals surface area contributed by atoms with Crippen LogP contribution in [0.3, 0.4) is 0 Å². The molecule has 0 spiro atoms. The second-order valence-electron chi connectivity index (χ2n) is 18.0. The molecule has 0 N–H and O–H groups in total. The highest BCUT2D eigenvalue weighted by molar-refractivity contribution is 4.91. The zero-order chi connectivity index (χ0) is 34.2. The van der Waals surface area contributed by atoms with Crippen LogP contribution in [0.4, 0.5) is 0 Å². The second-order valence-corrected chi connectivity index (χ2v) is 18.0. The topological polar surface area (TPSA) is 31.0 Å². The van der Waals surface area contributed by atoms with E-state index in [4.69, 9.17) is 14.2 Å². The van der Waals surface area contributed by atoms with Crippen molar-refractivity contribution < 1.29 is 14.2 Å². The molecule has 8 atom stereocenters. The Morgan fingerprint density at radius 1 is 0.449 bits per heavy atom. The van der Waals surface area contributed by atoms with Crippen molar-refractivity contribution in [3.8, 4) is 0 Å². The molecule has 1 saturated carbocycles. The Labute approximate surface area is 306 Å². The van der Waals surface area contributed by atoms with Gasteiger partial charge in [0.1, 0.15) is 0 Å². The summed E-state index contributed by atoms with van der Waals surface area (Å²) >= 11 is 0. The molecule has 0 aromatic heterocycles. The smallest absolute Gasteiger partial charge is 0.0844 e. The maximum absolute atomic E-state index is 5.90. The Bertz CT molecular complexity index is 741.